The summed E-state index contributed by atoms with van der Waals surface area (Å²) in [7, 11) is 0. The third-order valence-electron chi connectivity index (χ3n) is 5.77. The quantitative estimate of drug-likeness (QED) is 0.294. The van der Waals surface area contributed by atoms with E-state index >= 15 is 0 Å². The van der Waals surface area contributed by atoms with Crippen LogP contribution in [0, 0.1) is 18.6 Å². The lowest BCUT2D eigenvalue weighted by atomic mass is 10.1. The Morgan fingerprint density at radius 1 is 1.03 bits per heavy atom. The average molecular weight is 493 g/mol. The molecule has 4 aromatic rings. The van der Waals surface area contributed by atoms with Crippen LogP contribution < -0.4 is 10.1 Å². The van der Waals surface area contributed by atoms with Crippen molar-refractivity contribution in [3.8, 4) is 17.2 Å². The van der Waals surface area contributed by atoms with Crippen molar-refractivity contribution >= 4 is 5.97 Å². The van der Waals surface area contributed by atoms with E-state index in [2.05, 4.69) is 10.3 Å². The molecule has 0 aliphatic carbocycles. The van der Waals surface area contributed by atoms with Gasteiger partial charge >= 0.3 is 5.97 Å². The van der Waals surface area contributed by atoms with Gasteiger partial charge in [0.15, 0.2) is 0 Å². The van der Waals surface area contributed by atoms with Gasteiger partial charge in [-0.1, -0.05) is 36.4 Å². The molecule has 3 aromatic carbocycles. The van der Waals surface area contributed by atoms with Gasteiger partial charge < -0.3 is 14.3 Å². The van der Waals surface area contributed by atoms with Crippen LogP contribution >= 0.6 is 0 Å². The number of carboxylic acid groups (broad SMARTS) is 1. The summed E-state index contributed by atoms with van der Waals surface area (Å²) in [4.78, 5) is 16.2. The number of aromatic nitrogens is 1. The molecule has 0 saturated heterocycles. The van der Waals surface area contributed by atoms with Gasteiger partial charge in [0.1, 0.15) is 29.2 Å². The Labute approximate surface area is 207 Å². The number of halogens is 2. The molecule has 0 fully saturated rings. The summed E-state index contributed by atoms with van der Waals surface area (Å²) < 4.78 is 39.3. The molecule has 0 aliphatic heterocycles. The number of carbonyl (C=O) groups is 1. The van der Waals surface area contributed by atoms with E-state index in [9.17, 15) is 18.7 Å². The van der Waals surface area contributed by atoms with Crippen LogP contribution in [0.25, 0.3) is 11.5 Å². The van der Waals surface area contributed by atoms with Crippen molar-refractivity contribution < 1.29 is 27.8 Å². The number of aryl methyl sites for hydroxylation is 1. The highest BCUT2D eigenvalue weighted by atomic mass is 19.1. The van der Waals surface area contributed by atoms with E-state index < -0.39 is 23.6 Å². The van der Waals surface area contributed by atoms with Crippen LogP contribution in [0.15, 0.2) is 77.2 Å². The summed E-state index contributed by atoms with van der Waals surface area (Å²) in [6.07, 6.45) is 0.716. The van der Waals surface area contributed by atoms with E-state index in [0.29, 0.717) is 24.7 Å². The smallest absolute Gasteiger partial charge is 0.321 e. The van der Waals surface area contributed by atoms with E-state index in [1.165, 1.54) is 6.07 Å². The third kappa shape index (κ3) is 6.34. The fraction of sp³-hybridized carbons (Fsp3) is 0.214. The fourth-order valence-electron chi connectivity index (χ4n) is 3.76. The molecular formula is C28H26F2N2O4. The summed E-state index contributed by atoms with van der Waals surface area (Å²) >= 11 is 0. The minimum atomic E-state index is -1.11. The molecule has 0 spiro atoms. The molecule has 36 heavy (non-hydrogen) atoms. The zero-order valence-corrected chi connectivity index (χ0v) is 19.7. The van der Waals surface area contributed by atoms with Crippen molar-refractivity contribution in [3.63, 3.8) is 0 Å². The molecule has 0 saturated carbocycles. The molecular weight excluding hydrogens is 466 g/mol. The first-order valence-electron chi connectivity index (χ1n) is 11.5. The average Bonchev–Trinajstić information content (AvgIpc) is 3.24. The zero-order chi connectivity index (χ0) is 25.5. The number of aliphatic carboxylic acids is 1. The maximum atomic E-state index is 13.8. The molecule has 1 aromatic heterocycles. The van der Waals surface area contributed by atoms with Crippen LogP contribution in [-0.4, -0.2) is 28.7 Å². The van der Waals surface area contributed by atoms with Crippen molar-refractivity contribution in [3.05, 3.63) is 107 Å². The van der Waals surface area contributed by atoms with E-state index in [1.54, 1.807) is 24.3 Å². The Kier molecular flexibility index (Phi) is 8.07. The van der Waals surface area contributed by atoms with Gasteiger partial charge in [-0.2, -0.15) is 0 Å². The van der Waals surface area contributed by atoms with Gasteiger partial charge in [0.2, 0.25) is 5.89 Å². The minimum absolute atomic E-state index is 0.145. The number of hydrogen-bond donors (Lipinski definition) is 2. The molecule has 0 radical (unpaired) electrons. The molecule has 4 rings (SSSR count). The van der Waals surface area contributed by atoms with Crippen molar-refractivity contribution in [2.24, 2.45) is 0 Å². The molecule has 186 valence electrons. The van der Waals surface area contributed by atoms with Crippen LogP contribution in [-0.2, 0) is 24.2 Å². The second kappa shape index (κ2) is 11.6. The van der Waals surface area contributed by atoms with Crippen LogP contribution in [0.4, 0.5) is 8.78 Å². The van der Waals surface area contributed by atoms with E-state index in [-0.39, 0.29) is 18.5 Å². The van der Waals surface area contributed by atoms with Gasteiger partial charge in [-0.3, -0.25) is 10.1 Å². The van der Waals surface area contributed by atoms with Gasteiger partial charge in [-0.15, -0.1) is 0 Å². The predicted molar refractivity (Wildman–Crippen MR) is 131 cm³/mol. The highest BCUT2D eigenvalue weighted by Crippen LogP contribution is 2.22. The third-order valence-corrected chi connectivity index (χ3v) is 5.77. The lowest BCUT2D eigenvalue weighted by molar-refractivity contribution is -0.139. The maximum absolute atomic E-state index is 13.8. The number of ether oxygens (including phenoxy) is 1. The zero-order valence-electron chi connectivity index (χ0n) is 19.7. The topological polar surface area (TPSA) is 84.6 Å². The summed E-state index contributed by atoms with van der Waals surface area (Å²) in [5.41, 5.74) is 2.30. The standard InChI is InChI=1S/C28H26F2N2O4/c1-18-25(32-27(36-18)20-6-3-2-4-7-20)14-15-35-21-12-10-19(11-13-21)16-26(28(33)34)31-17-22-23(29)8-5-9-24(22)30/h2-13,26,31H,14-17H2,1H3,(H,33,34). The summed E-state index contributed by atoms with van der Waals surface area (Å²) in [5.74, 6) is -0.584. The molecule has 1 heterocycles. The molecule has 0 aliphatic rings. The molecule has 2 N–H and O–H groups in total. The number of carboxylic acids is 1. The lowest BCUT2D eigenvalue weighted by Crippen LogP contribution is -2.38. The Morgan fingerprint density at radius 2 is 1.72 bits per heavy atom. The number of nitrogens with one attached hydrogen (secondary N) is 1. The summed E-state index contributed by atoms with van der Waals surface area (Å²) in [6.45, 7) is 2.04. The van der Waals surface area contributed by atoms with E-state index in [0.717, 1.165) is 34.7 Å². The molecule has 8 heteroatoms. The molecule has 6 nitrogen and oxygen atoms in total. The first kappa shape index (κ1) is 25.1. The van der Waals surface area contributed by atoms with Crippen LogP contribution in [0.5, 0.6) is 5.75 Å². The van der Waals surface area contributed by atoms with Crippen molar-refractivity contribution in [1.29, 1.82) is 0 Å². The molecule has 1 atom stereocenters. The SMILES string of the molecule is Cc1oc(-c2ccccc2)nc1CCOc1ccc(CC(NCc2c(F)cccc2F)C(=O)O)cc1. The van der Waals surface area contributed by atoms with Gasteiger partial charge in [0, 0.05) is 24.1 Å². The lowest BCUT2D eigenvalue weighted by Gasteiger charge is -2.15. The number of hydrogen-bond acceptors (Lipinski definition) is 5. The second-order valence-corrected chi connectivity index (χ2v) is 8.31. The number of nitrogens with zero attached hydrogens (tertiary/aromatic N) is 1. The molecule has 1 unspecified atom stereocenters. The summed E-state index contributed by atoms with van der Waals surface area (Å²) in [5, 5.41) is 12.3. The molecule has 0 amide bonds. The number of benzene rings is 3. The van der Waals surface area contributed by atoms with Crippen molar-refractivity contribution in [2.75, 3.05) is 6.61 Å². The van der Waals surface area contributed by atoms with Gasteiger partial charge in [0.25, 0.3) is 0 Å². The Hall–Kier alpha value is -4.04. The van der Waals surface area contributed by atoms with Crippen molar-refractivity contribution in [2.45, 2.75) is 32.4 Å². The first-order chi connectivity index (χ1) is 17.4. The van der Waals surface area contributed by atoms with E-state index in [4.69, 9.17) is 9.15 Å². The van der Waals surface area contributed by atoms with Crippen molar-refractivity contribution in [1.82, 2.24) is 10.3 Å². The highest BCUT2D eigenvalue weighted by Gasteiger charge is 2.19. The number of oxazole rings is 1. The van der Waals surface area contributed by atoms with Crippen LogP contribution in [0.3, 0.4) is 0 Å². The normalized spacial score (nSPS) is 11.9. The molecule has 0 bridgehead atoms. The Balaban J connectivity index is 1.30. The predicted octanol–water partition coefficient (Wildman–Crippen LogP) is 5.34. The summed E-state index contributed by atoms with van der Waals surface area (Å²) in [6, 6.07) is 19.3. The van der Waals surface area contributed by atoms with Gasteiger partial charge in [0.05, 0.1) is 12.3 Å². The van der Waals surface area contributed by atoms with E-state index in [1.807, 2.05) is 37.3 Å². The Bertz CT molecular complexity index is 1290. The monoisotopic (exact) mass is 492 g/mol. The number of rotatable bonds is 11. The maximum Gasteiger partial charge on any atom is 0.321 e. The van der Waals surface area contributed by atoms with Crippen LogP contribution in [0.1, 0.15) is 22.6 Å². The fourth-order valence-corrected chi connectivity index (χ4v) is 3.76. The van der Waals surface area contributed by atoms with Gasteiger partial charge in [-0.25, -0.2) is 13.8 Å². The van der Waals surface area contributed by atoms with Crippen LogP contribution in [0.2, 0.25) is 0 Å². The Morgan fingerprint density at radius 3 is 2.39 bits per heavy atom. The first-order valence-corrected chi connectivity index (χ1v) is 11.5. The largest absolute Gasteiger partial charge is 0.493 e. The minimum Gasteiger partial charge on any atom is -0.493 e. The second-order valence-electron chi connectivity index (χ2n) is 8.31. The van der Waals surface area contributed by atoms with Gasteiger partial charge in [-0.05, 0) is 55.3 Å². The highest BCUT2D eigenvalue weighted by molar-refractivity contribution is 5.74.